The molecule has 1 atom stereocenters. The molecule has 0 aliphatic heterocycles. The van der Waals surface area contributed by atoms with Crippen molar-refractivity contribution in [3.05, 3.63) is 106 Å². The summed E-state index contributed by atoms with van der Waals surface area (Å²) in [7, 11) is 0. The van der Waals surface area contributed by atoms with E-state index in [-0.39, 0.29) is 16.2 Å². The van der Waals surface area contributed by atoms with E-state index >= 15 is 0 Å². The van der Waals surface area contributed by atoms with Gasteiger partial charge < -0.3 is 0 Å². The normalized spacial score (nSPS) is 14.2. The number of rotatable bonds is 3. The van der Waals surface area contributed by atoms with Gasteiger partial charge in [0, 0.05) is 10.9 Å². The lowest BCUT2D eigenvalue weighted by Gasteiger charge is -2.35. The second kappa shape index (κ2) is 10.5. The Balaban J connectivity index is 2.43. The number of hydrogen-bond donors (Lipinski definition) is 0. The molecule has 0 bridgehead atoms. The molecule has 3 aromatic rings. The third-order valence-electron chi connectivity index (χ3n) is 6.34. The quantitative estimate of drug-likeness (QED) is 0.249. The summed E-state index contributed by atoms with van der Waals surface area (Å²) in [6, 6.07) is 23.0. The predicted molar refractivity (Wildman–Crippen MR) is 165 cm³/mol. The summed E-state index contributed by atoms with van der Waals surface area (Å²) in [5, 5.41) is 1.26. The third-order valence-corrected chi connectivity index (χ3v) is 9.69. The van der Waals surface area contributed by atoms with E-state index in [1.807, 2.05) is 24.3 Å². The van der Waals surface area contributed by atoms with E-state index in [0.717, 1.165) is 11.1 Å². The Bertz CT molecular complexity index is 1300. The van der Waals surface area contributed by atoms with Crippen molar-refractivity contribution in [3.8, 4) is 11.6 Å². The maximum absolute atomic E-state index is 6.67. The van der Waals surface area contributed by atoms with Crippen LogP contribution in [-0.2, 0) is 28.1 Å². The first-order chi connectivity index (χ1) is 16.6. The lowest BCUT2D eigenvalue weighted by Crippen LogP contribution is -2.32. The smallest absolute Gasteiger partial charge is 0.0720 e. The highest BCUT2D eigenvalue weighted by atomic mass is 32.4. The van der Waals surface area contributed by atoms with Gasteiger partial charge in [0.05, 0.1) is 6.04 Å². The van der Waals surface area contributed by atoms with Gasteiger partial charge >= 0.3 is 0 Å². The van der Waals surface area contributed by atoms with E-state index in [4.69, 9.17) is 11.8 Å². The van der Waals surface area contributed by atoms with Crippen LogP contribution in [0.5, 0.6) is 0 Å². The van der Waals surface area contributed by atoms with Crippen LogP contribution in [0.1, 0.15) is 90.1 Å². The zero-order valence-corrected chi connectivity index (χ0v) is 25.1. The van der Waals surface area contributed by atoms with Crippen LogP contribution < -0.4 is 5.30 Å². The third kappa shape index (κ3) is 6.88. The molecule has 188 valence electrons. The molecule has 0 nitrogen and oxygen atoms in total. The number of benzene rings is 3. The van der Waals surface area contributed by atoms with Crippen molar-refractivity contribution >= 4 is 29.2 Å². The summed E-state index contributed by atoms with van der Waals surface area (Å²) < 4.78 is 0. The standard InChI is InChI=1S/C34H41PS/c1-32(2,3)28-24-29(33(4,5)6)31(30(25-28)34(7,8)9)35(36,22-20-26-16-12-10-13-17-26)23-21-27-18-14-11-15-19-27/h10-20,22,24-25H,1-9H3/b22-20+. The van der Waals surface area contributed by atoms with Crippen LogP contribution in [0.2, 0.25) is 0 Å². The topological polar surface area (TPSA) is 0 Å². The second-order valence-corrected chi connectivity index (χ2v) is 16.7. The summed E-state index contributed by atoms with van der Waals surface area (Å²) in [6.07, 6.45) is 2.18. The first kappa shape index (κ1) is 28.2. The summed E-state index contributed by atoms with van der Waals surface area (Å²) >= 11 is 6.67. The van der Waals surface area contributed by atoms with Crippen LogP contribution in [0, 0.1) is 11.6 Å². The Morgan fingerprint density at radius 3 is 1.58 bits per heavy atom. The predicted octanol–water partition coefficient (Wildman–Crippen LogP) is 9.36. The van der Waals surface area contributed by atoms with E-state index in [1.54, 1.807) is 0 Å². The Kier molecular flexibility index (Phi) is 8.25. The molecule has 0 amide bonds. The van der Waals surface area contributed by atoms with Gasteiger partial charge in [-0.25, -0.2) is 0 Å². The van der Waals surface area contributed by atoms with Gasteiger partial charge in [0.25, 0.3) is 0 Å². The van der Waals surface area contributed by atoms with E-state index in [0.29, 0.717) is 0 Å². The minimum Gasteiger partial charge on any atom is -0.0743 e. The van der Waals surface area contributed by atoms with E-state index in [9.17, 15) is 0 Å². The fourth-order valence-corrected chi connectivity index (χ4v) is 7.60. The van der Waals surface area contributed by atoms with E-state index in [1.165, 1.54) is 22.0 Å². The molecule has 0 aliphatic rings. The second-order valence-electron chi connectivity index (χ2n) is 12.7. The molecule has 0 aromatic heterocycles. The first-order valence-corrected chi connectivity index (χ1v) is 15.6. The lowest BCUT2D eigenvalue weighted by molar-refractivity contribution is 0.553. The van der Waals surface area contributed by atoms with E-state index in [2.05, 4.69) is 134 Å². The van der Waals surface area contributed by atoms with Gasteiger partial charge in [-0.05, 0) is 56.4 Å². The molecule has 0 heterocycles. The molecule has 36 heavy (non-hydrogen) atoms. The van der Waals surface area contributed by atoms with Crippen molar-refractivity contribution in [2.45, 2.75) is 78.6 Å². The van der Waals surface area contributed by atoms with Crippen LogP contribution in [0.4, 0.5) is 0 Å². The average Bonchev–Trinajstić information content (AvgIpc) is 2.80. The molecular formula is C34H41PS. The van der Waals surface area contributed by atoms with E-state index < -0.39 is 6.04 Å². The first-order valence-electron chi connectivity index (χ1n) is 12.7. The monoisotopic (exact) mass is 512 g/mol. The van der Waals surface area contributed by atoms with Gasteiger partial charge in [-0.1, -0.05) is 152 Å². The Morgan fingerprint density at radius 2 is 1.14 bits per heavy atom. The van der Waals surface area contributed by atoms with Crippen molar-refractivity contribution in [2.75, 3.05) is 0 Å². The highest BCUT2D eigenvalue weighted by Gasteiger charge is 2.34. The largest absolute Gasteiger partial charge is 0.0743 e. The SMILES string of the molecule is CC(C)(C)c1cc(C(C)(C)C)c(P(=S)(C#Cc2ccccc2)/C=C/c2ccccc2)c(C(C)(C)C)c1. The minimum absolute atomic E-state index is 0.0384. The lowest BCUT2D eigenvalue weighted by atomic mass is 9.75. The molecule has 2 heteroatoms. The molecule has 0 aliphatic carbocycles. The van der Waals surface area contributed by atoms with Crippen molar-refractivity contribution < 1.29 is 0 Å². The Morgan fingerprint density at radius 1 is 0.667 bits per heavy atom. The Hall–Kier alpha value is -2.39. The zero-order valence-electron chi connectivity index (χ0n) is 23.4. The van der Waals surface area contributed by atoms with Gasteiger partial charge in [0.2, 0.25) is 0 Å². The van der Waals surface area contributed by atoms with Gasteiger partial charge in [-0.15, -0.1) is 0 Å². The summed E-state index contributed by atoms with van der Waals surface area (Å²) in [5.41, 5.74) is 9.71. The van der Waals surface area contributed by atoms with Crippen LogP contribution in [-0.4, -0.2) is 0 Å². The fraction of sp³-hybridized carbons (Fsp3) is 0.353. The van der Waals surface area contributed by atoms with Crippen LogP contribution >= 0.6 is 6.04 Å². The summed E-state index contributed by atoms with van der Waals surface area (Å²) in [6.45, 7) is 20.7. The maximum Gasteiger partial charge on any atom is 0.0720 e. The van der Waals surface area contributed by atoms with Crippen LogP contribution in [0.15, 0.2) is 78.6 Å². The fourth-order valence-electron chi connectivity index (χ4n) is 4.16. The molecule has 0 spiro atoms. The molecule has 0 saturated heterocycles. The molecular weight excluding hydrogens is 471 g/mol. The van der Waals surface area contributed by atoms with Gasteiger partial charge in [0.1, 0.15) is 0 Å². The number of hydrogen-bond acceptors (Lipinski definition) is 1. The molecule has 3 rings (SSSR count). The average molecular weight is 513 g/mol. The molecule has 0 fully saturated rings. The zero-order chi connectivity index (χ0) is 26.8. The molecule has 0 N–H and O–H groups in total. The van der Waals surface area contributed by atoms with Crippen molar-refractivity contribution in [1.82, 2.24) is 0 Å². The molecule has 3 aromatic carbocycles. The highest BCUT2D eigenvalue weighted by molar-refractivity contribution is 8.22. The molecule has 0 radical (unpaired) electrons. The Labute approximate surface area is 225 Å². The minimum atomic E-state index is -2.45. The summed E-state index contributed by atoms with van der Waals surface area (Å²) in [5.74, 6) is 5.71. The van der Waals surface area contributed by atoms with Gasteiger partial charge in [-0.3, -0.25) is 0 Å². The van der Waals surface area contributed by atoms with Gasteiger partial charge in [-0.2, -0.15) is 0 Å². The van der Waals surface area contributed by atoms with Gasteiger partial charge in [0.15, 0.2) is 0 Å². The summed E-state index contributed by atoms with van der Waals surface area (Å²) in [4.78, 5) is 0. The highest BCUT2D eigenvalue weighted by Crippen LogP contribution is 2.52. The maximum atomic E-state index is 6.67. The van der Waals surface area contributed by atoms with Crippen LogP contribution in [0.3, 0.4) is 0 Å². The molecule has 0 saturated carbocycles. The van der Waals surface area contributed by atoms with Crippen molar-refractivity contribution in [1.29, 1.82) is 0 Å². The van der Waals surface area contributed by atoms with Crippen LogP contribution in [0.25, 0.3) is 6.08 Å². The molecule has 1 unspecified atom stereocenters. The van der Waals surface area contributed by atoms with Crippen molar-refractivity contribution in [2.24, 2.45) is 0 Å². The van der Waals surface area contributed by atoms with Crippen molar-refractivity contribution in [3.63, 3.8) is 0 Å².